The molecule has 0 bridgehead atoms. The fraction of sp³-hybridized carbons (Fsp3) is 0.150. The SMILES string of the molecule is COc1ccc(OC(C)C(=O)NNC(=O)c2nn(-c3ccccc3)cc2O)cc1. The molecule has 0 saturated carbocycles. The van der Waals surface area contributed by atoms with Gasteiger partial charge in [0.25, 0.3) is 11.8 Å². The molecule has 150 valence electrons. The summed E-state index contributed by atoms with van der Waals surface area (Å²) < 4.78 is 11.9. The molecule has 1 aromatic heterocycles. The lowest BCUT2D eigenvalue weighted by molar-refractivity contribution is -0.128. The Kier molecular flexibility index (Phi) is 5.98. The molecular weight excluding hydrogens is 376 g/mol. The Bertz CT molecular complexity index is 986. The minimum Gasteiger partial charge on any atom is -0.504 e. The smallest absolute Gasteiger partial charge is 0.294 e. The molecular formula is C20H20N4O5. The van der Waals surface area contributed by atoms with Gasteiger partial charge in [0.1, 0.15) is 11.5 Å². The topological polar surface area (TPSA) is 115 Å². The lowest BCUT2D eigenvalue weighted by Gasteiger charge is -2.15. The van der Waals surface area contributed by atoms with E-state index in [4.69, 9.17) is 9.47 Å². The number of methoxy groups -OCH3 is 1. The Morgan fingerprint density at radius 3 is 2.34 bits per heavy atom. The number of nitrogens with zero attached hydrogens (tertiary/aromatic N) is 2. The molecule has 0 aliphatic carbocycles. The van der Waals surface area contributed by atoms with Gasteiger partial charge in [-0.25, -0.2) is 4.68 Å². The molecule has 3 N–H and O–H groups in total. The minimum absolute atomic E-state index is 0.224. The predicted molar refractivity (Wildman–Crippen MR) is 104 cm³/mol. The number of hydrogen-bond acceptors (Lipinski definition) is 6. The molecule has 0 aliphatic rings. The zero-order valence-corrected chi connectivity index (χ0v) is 15.8. The highest BCUT2D eigenvalue weighted by molar-refractivity contribution is 5.96. The van der Waals surface area contributed by atoms with E-state index in [0.29, 0.717) is 17.2 Å². The van der Waals surface area contributed by atoms with Crippen molar-refractivity contribution in [2.75, 3.05) is 7.11 Å². The van der Waals surface area contributed by atoms with Crippen LogP contribution in [-0.4, -0.2) is 39.9 Å². The van der Waals surface area contributed by atoms with Crippen LogP contribution in [-0.2, 0) is 4.79 Å². The number of carbonyl (C=O) groups is 2. The van der Waals surface area contributed by atoms with E-state index >= 15 is 0 Å². The molecule has 3 rings (SSSR count). The number of ether oxygens (including phenoxy) is 2. The predicted octanol–water partition coefficient (Wildman–Crippen LogP) is 1.81. The van der Waals surface area contributed by atoms with Crippen molar-refractivity contribution in [2.45, 2.75) is 13.0 Å². The zero-order chi connectivity index (χ0) is 20.8. The van der Waals surface area contributed by atoms with Crippen molar-refractivity contribution in [2.24, 2.45) is 0 Å². The molecule has 29 heavy (non-hydrogen) atoms. The standard InChI is InChI=1S/C20H20N4O5/c1-13(29-16-10-8-15(28-2)9-11-16)19(26)21-22-20(27)18-17(25)12-24(23-18)14-6-4-3-5-7-14/h3-13,25H,1-2H3,(H,21,26)(H,22,27). The molecule has 2 aromatic carbocycles. The number of para-hydroxylation sites is 1. The number of benzene rings is 2. The van der Waals surface area contributed by atoms with Crippen molar-refractivity contribution < 1.29 is 24.2 Å². The van der Waals surface area contributed by atoms with E-state index in [9.17, 15) is 14.7 Å². The molecule has 1 unspecified atom stereocenters. The quantitative estimate of drug-likeness (QED) is 0.548. The summed E-state index contributed by atoms with van der Waals surface area (Å²) in [6, 6.07) is 15.7. The molecule has 0 fully saturated rings. The van der Waals surface area contributed by atoms with Crippen LogP contribution in [0.5, 0.6) is 17.2 Å². The van der Waals surface area contributed by atoms with E-state index in [-0.39, 0.29) is 11.4 Å². The van der Waals surface area contributed by atoms with Gasteiger partial charge < -0.3 is 14.6 Å². The summed E-state index contributed by atoms with van der Waals surface area (Å²) in [6.45, 7) is 1.54. The summed E-state index contributed by atoms with van der Waals surface area (Å²) in [5.74, 6) is -0.517. The second-order valence-electron chi connectivity index (χ2n) is 6.02. The zero-order valence-electron chi connectivity index (χ0n) is 15.8. The number of hydrogen-bond donors (Lipinski definition) is 3. The van der Waals surface area contributed by atoms with Gasteiger partial charge in [-0.3, -0.25) is 20.4 Å². The van der Waals surface area contributed by atoms with Crippen LogP contribution in [0.4, 0.5) is 0 Å². The molecule has 9 heteroatoms. The third kappa shape index (κ3) is 4.83. The third-order valence-electron chi connectivity index (χ3n) is 3.97. The summed E-state index contributed by atoms with van der Waals surface area (Å²) in [4.78, 5) is 24.4. The van der Waals surface area contributed by atoms with E-state index in [1.54, 1.807) is 55.6 Å². The van der Waals surface area contributed by atoms with Gasteiger partial charge in [0.15, 0.2) is 17.5 Å². The first-order chi connectivity index (χ1) is 14.0. The Balaban J connectivity index is 1.57. The van der Waals surface area contributed by atoms with Gasteiger partial charge in [-0.2, -0.15) is 5.10 Å². The number of rotatable bonds is 6. The third-order valence-corrected chi connectivity index (χ3v) is 3.97. The first-order valence-corrected chi connectivity index (χ1v) is 8.73. The lowest BCUT2D eigenvalue weighted by Crippen LogP contribution is -2.47. The van der Waals surface area contributed by atoms with Gasteiger partial charge in [0, 0.05) is 0 Å². The lowest BCUT2D eigenvalue weighted by atomic mass is 10.3. The van der Waals surface area contributed by atoms with Gasteiger partial charge >= 0.3 is 0 Å². The minimum atomic E-state index is -0.876. The number of nitrogens with one attached hydrogen (secondary N) is 2. The molecule has 3 aromatic rings. The normalized spacial score (nSPS) is 11.4. The highest BCUT2D eigenvalue weighted by atomic mass is 16.5. The van der Waals surface area contributed by atoms with E-state index in [2.05, 4.69) is 16.0 Å². The Morgan fingerprint density at radius 1 is 1.03 bits per heavy atom. The Labute approximate surface area is 166 Å². The van der Waals surface area contributed by atoms with Crippen LogP contribution in [0.15, 0.2) is 60.8 Å². The molecule has 0 aliphatic heterocycles. The molecule has 9 nitrogen and oxygen atoms in total. The van der Waals surface area contributed by atoms with E-state index in [1.165, 1.54) is 17.8 Å². The van der Waals surface area contributed by atoms with Crippen molar-refractivity contribution in [3.63, 3.8) is 0 Å². The van der Waals surface area contributed by atoms with Gasteiger partial charge in [-0.05, 0) is 43.3 Å². The first kappa shape index (κ1) is 19.7. The van der Waals surface area contributed by atoms with E-state index < -0.39 is 17.9 Å². The maximum absolute atomic E-state index is 12.2. The van der Waals surface area contributed by atoms with Gasteiger partial charge in [0.05, 0.1) is 19.0 Å². The van der Waals surface area contributed by atoms with Crippen molar-refractivity contribution >= 4 is 11.8 Å². The monoisotopic (exact) mass is 396 g/mol. The second kappa shape index (κ2) is 8.79. The average Bonchev–Trinajstić information content (AvgIpc) is 3.14. The highest BCUT2D eigenvalue weighted by Crippen LogP contribution is 2.19. The van der Waals surface area contributed by atoms with Gasteiger partial charge in [0.2, 0.25) is 0 Å². The van der Waals surface area contributed by atoms with Crippen LogP contribution < -0.4 is 20.3 Å². The average molecular weight is 396 g/mol. The number of aromatic nitrogens is 2. The summed E-state index contributed by atoms with van der Waals surface area (Å²) in [6.07, 6.45) is 0.431. The molecule has 0 saturated heterocycles. The fourth-order valence-electron chi connectivity index (χ4n) is 2.43. The fourth-order valence-corrected chi connectivity index (χ4v) is 2.43. The number of carbonyl (C=O) groups excluding carboxylic acids is 2. The molecule has 1 atom stereocenters. The largest absolute Gasteiger partial charge is 0.504 e. The van der Waals surface area contributed by atoms with Crippen molar-refractivity contribution in [1.82, 2.24) is 20.6 Å². The molecule has 0 radical (unpaired) electrons. The van der Waals surface area contributed by atoms with Crippen LogP contribution >= 0.6 is 0 Å². The van der Waals surface area contributed by atoms with Crippen LogP contribution in [0, 0.1) is 0 Å². The van der Waals surface area contributed by atoms with Crippen LogP contribution in [0.2, 0.25) is 0 Å². The molecule has 0 spiro atoms. The highest BCUT2D eigenvalue weighted by Gasteiger charge is 2.20. The summed E-state index contributed by atoms with van der Waals surface area (Å²) in [5, 5.41) is 14.0. The van der Waals surface area contributed by atoms with Crippen LogP contribution in [0.3, 0.4) is 0 Å². The van der Waals surface area contributed by atoms with Gasteiger partial charge in [-0.15, -0.1) is 0 Å². The van der Waals surface area contributed by atoms with Crippen LogP contribution in [0.1, 0.15) is 17.4 Å². The number of hydrazine groups is 1. The Hall–Kier alpha value is -4.01. The van der Waals surface area contributed by atoms with Crippen LogP contribution in [0.25, 0.3) is 5.69 Å². The van der Waals surface area contributed by atoms with Crippen molar-refractivity contribution in [3.8, 4) is 22.9 Å². The summed E-state index contributed by atoms with van der Waals surface area (Å²) >= 11 is 0. The van der Waals surface area contributed by atoms with Crippen molar-refractivity contribution in [3.05, 3.63) is 66.5 Å². The summed E-state index contributed by atoms with van der Waals surface area (Å²) in [5.41, 5.74) is 4.92. The van der Waals surface area contributed by atoms with Gasteiger partial charge in [-0.1, -0.05) is 18.2 Å². The summed E-state index contributed by atoms with van der Waals surface area (Å²) in [7, 11) is 1.55. The number of amides is 2. The van der Waals surface area contributed by atoms with Crippen molar-refractivity contribution in [1.29, 1.82) is 0 Å². The maximum Gasteiger partial charge on any atom is 0.294 e. The number of aromatic hydroxyl groups is 1. The van der Waals surface area contributed by atoms with E-state index in [1.807, 2.05) is 6.07 Å². The molecule has 2 amide bonds. The maximum atomic E-state index is 12.2. The Morgan fingerprint density at radius 2 is 1.69 bits per heavy atom. The molecule has 1 heterocycles. The first-order valence-electron chi connectivity index (χ1n) is 8.73. The van der Waals surface area contributed by atoms with E-state index in [0.717, 1.165) is 0 Å². The second-order valence-corrected chi connectivity index (χ2v) is 6.02.